The Morgan fingerprint density at radius 3 is 2.75 bits per heavy atom. The molecule has 0 saturated heterocycles. The van der Waals surface area contributed by atoms with Gasteiger partial charge in [0.2, 0.25) is 5.95 Å². The smallest absolute Gasteiger partial charge is 0.223 e. The number of nitrogens with zero attached hydrogens (tertiary/aromatic N) is 3. The molecule has 1 heterocycles. The summed E-state index contributed by atoms with van der Waals surface area (Å²) < 4.78 is 0. The minimum Gasteiger partial charge on any atom is -0.369 e. The van der Waals surface area contributed by atoms with Gasteiger partial charge in [0.25, 0.3) is 0 Å². The third kappa shape index (κ3) is 4.20. The molecule has 0 unspecified atom stereocenters. The molecule has 3 N–H and O–H groups in total. The molecule has 16 heavy (non-hydrogen) atoms. The van der Waals surface area contributed by atoms with Crippen molar-refractivity contribution in [2.24, 2.45) is 0 Å². The standard InChI is InChI=1S/C10H18ClN5/c1-7(2)16(3)5-4-13-9-6-8(11)14-10(12)15-9/h6-7H,4-5H2,1-3H3,(H3,12,13,14,15). The van der Waals surface area contributed by atoms with Crippen LogP contribution in [0.1, 0.15) is 13.8 Å². The summed E-state index contributed by atoms with van der Waals surface area (Å²) in [5, 5.41) is 3.51. The van der Waals surface area contributed by atoms with Crippen molar-refractivity contribution < 1.29 is 0 Å². The van der Waals surface area contributed by atoms with Gasteiger partial charge < -0.3 is 16.0 Å². The van der Waals surface area contributed by atoms with E-state index in [9.17, 15) is 0 Å². The maximum atomic E-state index is 5.76. The Labute approximate surface area is 101 Å². The first kappa shape index (κ1) is 13.0. The number of aromatic nitrogens is 2. The Morgan fingerprint density at radius 2 is 2.19 bits per heavy atom. The predicted octanol–water partition coefficient (Wildman–Crippen LogP) is 1.46. The van der Waals surface area contributed by atoms with Gasteiger partial charge >= 0.3 is 0 Å². The maximum Gasteiger partial charge on any atom is 0.223 e. The molecule has 0 aromatic carbocycles. The van der Waals surface area contributed by atoms with Crippen LogP contribution in [0.2, 0.25) is 5.15 Å². The van der Waals surface area contributed by atoms with Crippen molar-refractivity contribution in [3.8, 4) is 0 Å². The molecule has 0 fully saturated rings. The molecular weight excluding hydrogens is 226 g/mol. The van der Waals surface area contributed by atoms with Crippen LogP contribution in [-0.4, -0.2) is 41.0 Å². The zero-order valence-corrected chi connectivity index (χ0v) is 10.6. The van der Waals surface area contributed by atoms with Crippen molar-refractivity contribution in [3.05, 3.63) is 11.2 Å². The van der Waals surface area contributed by atoms with Gasteiger partial charge in [0, 0.05) is 25.2 Å². The van der Waals surface area contributed by atoms with Crippen molar-refractivity contribution in [2.45, 2.75) is 19.9 Å². The lowest BCUT2D eigenvalue weighted by molar-refractivity contribution is 0.284. The van der Waals surface area contributed by atoms with Crippen LogP contribution in [0, 0.1) is 0 Å². The van der Waals surface area contributed by atoms with Crippen LogP contribution in [0.4, 0.5) is 11.8 Å². The van der Waals surface area contributed by atoms with Crippen LogP contribution < -0.4 is 11.1 Å². The van der Waals surface area contributed by atoms with Crippen LogP contribution in [0.3, 0.4) is 0 Å². The fourth-order valence-electron chi connectivity index (χ4n) is 1.14. The summed E-state index contributed by atoms with van der Waals surface area (Å²) in [5.41, 5.74) is 5.48. The van der Waals surface area contributed by atoms with Crippen LogP contribution in [-0.2, 0) is 0 Å². The zero-order valence-electron chi connectivity index (χ0n) is 9.87. The highest BCUT2D eigenvalue weighted by Crippen LogP contribution is 2.11. The molecule has 0 bridgehead atoms. The Kier molecular flexibility index (Phi) is 4.76. The maximum absolute atomic E-state index is 5.76. The van der Waals surface area contributed by atoms with Gasteiger partial charge in [0.15, 0.2) is 0 Å². The van der Waals surface area contributed by atoms with Gasteiger partial charge in [-0.2, -0.15) is 4.98 Å². The van der Waals surface area contributed by atoms with E-state index in [1.165, 1.54) is 0 Å². The summed E-state index contributed by atoms with van der Waals surface area (Å²) in [7, 11) is 2.08. The van der Waals surface area contributed by atoms with Crippen molar-refractivity contribution in [3.63, 3.8) is 0 Å². The van der Waals surface area contributed by atoms with Crippen molar-refractivity contribution in [1.29, 1.82) is 0 Å². The SMILES string of the molecule is CC(C)N(C)CCNc1cc(Cl)nc(N)n1. The van der Waals surface area contributed by atoms with E-state index in [-0.39, 0.29) is 5.95 Å². The van der Waals surface area contributed by atoms with Gasteiger partial charge in [-0.1, -0.05) is 11.6 Å². The average Bonchev–Trinajstić information content (AvgIpc) is 2.15. The lowest BCUT2D eigenvalue weighted by Gasteiger charge is -2.21. The number of rotatable bonds is 5. The number of nitrogens with one attached hydrogen (secondary N) is 1. The van der Waals surface area contributed by atoms with E-state index in [0.29, 0.717) is 17.0 Å². The summed E-state index contributed by atoms with van der Waals surface area (Å²) in [5.74, 6) is 0.849. The average molecular weight is 244 g/mol. The van der Waals surface area contributed by atoms with Gasteiger partial charge in [0.1, 0.15) is 11.0 Å². The second-order valence-corrected chi connectivity index (χ2v) is 4.32. The number of hydrogen-bond acceptors (Lipinski definition) is 5. The van der Waals surface area contributed by atoms with Crippen LogP contribution >= 0.6 is 11.6 Å². The number of likely N-dealkylation sites (N-methyl/N-ethyl adjacent to an activating group) is 1. The third-order valence-electron chi connectivity index (χ3n) is 2.36. The summed E-state index contributed by atoms with van der Waals surface area (Å²) in [6.07, 6.45) is 0. The Balaban J connectivity index is 2.43. The van der Waals surface area contributed by atoms with Crippen LogP contribution in [0.25, 0.3) is 0 Å². The summed E-state index contributed by atoms with van der Waals surface area (Å²) >= 11 is 5.76. The summed E-state index contributed by atoms with van der Waals surface area (Å²) in [6.45, 7) is 6.03. The molecular formula is C10H18ClN5. The highest BCUT2D eigenvalue weighted by Gasteiger charge is 2.03. The van der Waals surface area contributed by atoms with E-state index in [1.54, 1.807) is 6.07 Å². The minimum absolute atomic E-state index is 0.187. The van der Waals surface area contributed by atoms with Crippen molar-refractivity contribution in [2.75, 3.05) is 31.2 Å². The Hall–Kier alpha value is -1.07. The van der Waals surface area contributed by atoms with Crippen LogP contribution in [0.5, 0.6) is 0 Å². The largest absolute Gasteiger partial charge is 0.369 e. The molecule has 0 amide bonds. The molecule has 0 aliphatic carbocycles. The predicted molar refractivity (Wildman–Crippen MR) is 67.7 cm³/mol. The molecule has 5 nitrogen and oxygen atoms in total. The molecule has 1 aromatic rings. The monoisotopic (exact) mass is 243 g/mol. The van der Waals surface area contributed by atoms with E-state index in [1.807, 2.05) is 0 Å². The van der Waals surface area contributed by atoms with Gasteiger partial charge in [-0.25, -0.2) is 4.98 Å². The van der Waals surface area contributed by atoms with Gasteiger partial charge in [-0.15, -0.1) is 0 Å². The second kappa shape index (κ2) is 5.86. The first-order chi connectivity index (χ1) is 7.49. The van der Waals surface area contributed by atoms with E-state index >= 15 is 0 Å². The lowest BCUT2D eigenvalue weighted by Crippen LogP contribution is -2.31. The van der Waals surface area contributed by atoms with E-state index < -0.39 is 0 Å². The molecule has 0 aliphatic rings. The van der Waals surface area contributed by atoms with E-state index in [2.05, 4.69) is 41.1 Å². The molecule has 0 spiro atoms. The third-order valence-corrected chi connectivity index (χ3v) is 2.56. The normalized spacial score (nSPS) is 11.1. The van der Waals surface area contributed by atoms with Gasteiger partial charge in [0.05, 0.1) is 0 Å². The Bertz CT molecular complexity index is 322. The number of halogens is 1. The molecule has 0 radical (unpaired) electrons. The topological polar surface area (TPSA) is 67.1 Å². The lowest BCUT2D eigenvalue weighted by atomic mass is 10.3. The highest BCUT2D eigenvalue weighted by molar-refractivity contribution is 6.29. The van der Waals surface area contributed by atoms with Gasteiger partial charge in [-0.05, 0) is 20.9 Å². The minimum atomic E-state index is 0.187. The van der Waals surface area contributed by atoms with Crippen LogP contribution in [0.15, 0.2) is 6.07 Å². The molecule has 0 saturated carbocycles. The van der Waals surface area contributed by atoms with Crippen molar-refractivity contribution in [1.82, 2.24) is 14.9 Å². The number of nitrogen functional groups attached to an aromatic ring is 1. The van der Waals surface area contributed by atoms with Crippen molar-refractivity contribution >= 4 is 23.4 Å². The van der Waals surface area contributed by atoms with E-state index in [4.69, 9.17) is 17.3 Å². The first-order valence-electron chi connectivity index (χ1n) is 5.23. The first-order valence-corrected chi connectivity index (χ1v) is 5.61. The van der Waals surface area contributed by atoms with Gasteiger partial charge in [-0.3, -0.25) is 0 Å². The second-order valence-electron chi connectivity index (χ2n) is 3.94. The quantitative estimate of drug-likeness (QED) is 0.767. The molecule has 1 rings (SSSR count). The fourth-order valence-corrected chi connectivity index (χ4v) is 1.33. The molecule has 0 atom stereocenters. The summed E-state index contributed by atoms with van der Waals surface area (Å²) in [4.78, 5) is 10.1. The molecule has 0 aliphatic heterocycles. The molecule has 6 heteroatoms. The highest BCUT2D eigenvalue weighted by atomic mass is 35.5. The summed E-state index contributed by atoms with van der Waals surface area (Å²) in [6, 6.07) is 2.19. The fraction of sp³-hybridized carbons (Fsp3) is 0.600. The number of nitrogens with two attached hydrogens (primary N) is 1. The molecule has 1 aromatic heterocycles. The molecule has 90 valence electrons. The number of anilines is 2. The Morgan fingerprint density at radius 1 is 1.50 bits per heavy atom. The van der Waals surface area contributed by atoms with E-state index in [0.717, 1.165) is 13.1 Å². The number of hydrogen-bond donors (Lipinski definition) is 2. The zero-order chi connectivity index (χ0) is 12.1.